The Balaban J connectivity index is 0.00000306. The van der Waals surface area contributed by atoms with Crippen LogP contribution in [0.25, 0.3) is 11.2 Å². The lowest BCUT2D eigenvalue weighted by atomic mass is 10.1. The van der Waals surface area contributed by atoms with Crippen molar-refractivity contribution in [3.8, 4) is 24.0 Å². The van der Waals surface area contributed by atoms with E-state index >= 15 is 0 Å². The van der Waals surface area contributed by atoms with E-state index in [1.165, 1.54) is 4.57 Å². The summed E-state index contributed by atoms with van der Waals surface area (Å²) in [5.74, 6) is 6.40. The lowest BCUT2D eigenvalue weighted by Crippen LogP contribution is -2.44. The Bertz CT molecular complexity index is 1380. The summed E-state index contributed by atoms with van der Waals surface area (Å²) in [4.78, 5) is 24.6. The van der Waals surface area contributed by atoms with Gasteiger partial charge in [-0.1, -0.05) is 24.1 Å². The third-order valence-electron chi connectivity index (χ3n) is 5.57. The molecule has 1 aliphatic heterocycles. The van der Waals surface area contributed by atoms with Crippen molar-refractivity contribution in [1.29, 1.82) is 10.5 Å². The Morgan fingerprint density at radius 1 is 1.18 bits per heavy atom. The monoisotopic (exact) mass is 462 g/mol. The zero-order valence-corrected chi connectivity index (χ0v) is 19.0. The van der Waals surface area contributed by atoms with Gasteiger partial charge in [-0.05, 0) is 31.4 Å². The minimum Gasteiger partial charge on any atom is -0.341 e. The number of nitrogens with zero attached hydrogens (tertiary/aromatic N) is 7. The molecule has 1 atom stereocenters. The Morgan fingerprint density at radius 3 is 2.67 bits per heavy atom. The highest BCUT2D eigenvalue weighted by molar-refractivity contribution is 5.85. The largest absolute Gasteiger partial charge is 0.341 e. The highest BCUT2D eigenvalue weighted by Crippen LogP contribution is 2.23. The molecule has 0 radical (unpaired) electrons. The molecule has 0 spiro atoms. The molecule has 2 N–H and O–H groups in total. The topological polar surface area (TPSA) is 130 Å². The van der Waals surface area contributed by atoms with E-state index < -0.39 is 5.56 Å². The van der Waals surface area contributed by atoms with Crippen LogP contribution in [0.15, 0.2) is 29.1 Å². The number of fused-ring (bicyclic) bond motifs is 1. The zero-order valence-electron chi connectivity index (χ0n) is 18.2. The van der Waals surface area contributed by atoms with Crippen molar-refractivity contribution in [2.75, 3.05) is 18.0 Å². The van der Waals surface area contributed by atoms with Gasteiger partial charge in [-0.25, -0.2) is 0 Å². The maximum absolute atomic E-state index is 13.6. The van der Waals surface area contributed by atoms with E-state index in [2.05, 4.69) is 27.9 Å². The average molecular weight is 463 g/mol. The van der Waals surface area contributed by atoms with Crippen molar-refractivity contribution in [2.24, 2.45) is 5.73 Å². The molecular formula is C23H23ClN8O. The van der Waals surface area contributed by atoms with Crippen molar-refractivity contribution < 1.29 is 0 Å². The van der Waals surface area contributed by atoms with Gasteiger partial charge in [0.05, 0.1) is 24.7 Å². The molecule has 1 unspecified atom stereocenters. The Kier molecular flexibility index (Phi) is 7.35. The Morgan fingerprint density at radius 2 is 1.97 bits per heavy atom. The first kappa shape index (κ1) is 23.8. The number of hydrogen-bond donors (Lipinski definition) is 1. The molecule has 3 aromatic rings. The number of rotatable bonds is 4. The van der Waals surface area contributed by atoms with E-state index in [0.717, 1.165) is 19.4 Å². The molecule has 2 aromatic heterocycles. The number of hydrogen-bond acceptors (Lipinski definition) is 7. The van der Waals surface area contributed by atoms with Crippen molar-refractivity contribution in [2.45, 2.75) is 38.9 Å². The van der Waals surface area contributed by atoms with Crippen LogP contribution < -0.4 is 16.2 Å². The van der Waals surface area contributed by atoms with Gasteiger partial charge in [-0.3, -0.25) is 13.9 Å². The van der Waals surface area contributed by atoms with Gasteiger partial charge >= 0.3 is 0 Å². The van der Waals surface area contributed by atoms with E-state index in [9.17, 15) is 15.3 Å². The molecule has 168 valence electrons. The van der Waals surface area contributed by atoms with Crippen LogP contribution >= 0.6 is 12.4 Å². The normalized spacial score (nSPS) is 15.2. The maximum atomic E-state index is 13.6. The van der Waals surface area contributed by atoms with Gasteiger partial charge in [0.25, 0.3) is 5.56 Å². The zero-order chi connectivity index (χ0) is 22.7. The smallest absolute Gasteiger partial charge is 0.281 e. The van der Waals surface area contributed by atoms with Crippen LogP contribution in [-0.2, 0) is 13.1 Å². The van der Waals surface area contributed by atoms with E-state index in [-0.39, 0.29) is 48.5 Å². The molecule has 10 heteroatoms. The molecule has 1 fully saturated rings. The second-order valence-corrected chi connectivity index (χ2v) is 7.65. The number of anilines is 1. The molecule has 9 nitrogen and oxygen atoms in total. The van der Waals surface area contributed by atoms with Crippen LogP contribution in [0.5, 0.6) is 0 Å². The fraction of sp³-hybridized carbons (Fsp3) is 0.348. The van der Waals surface area contributed by atoms with E-state index in [4.69, 9.17) is 5.73 Å². The van der Waals surface area contributed by atoms with Crippen LogP contribution in [0.4, 0.5) is 5.95 Å². The molecule has 3 heterocycles. The predicted octanol–water partition coefficient (Wildman–Crippen LogP) is 1.76. The number of aromatic nitrogens is 4. The van der Waals surface area contributed by atoms with Crippen molar-refractivity contribution >= 4 is 29.5 Å². The number of benzene rings is 1. The van der Waals surface area contributed by atoms with Gasteiger partial charge in [-0.15, -0.1) is 18.3 Å². The van der Waals surface area contributed by atoms with Crippen molar-refractivity contribution in [3.63, 3.8) is 0 Å². The van der Waals surface area contributed by atoms with Crippen molar-refractivity contribution in [1.82, 2.24) is 19.1 Å². The first-order chi connectivity index (χ1) is 15.6. The fourth-order valence-electron chi connectivity index (χ4n) is 4.01. The van der Waals surface area contributed by atoms with Gasteiger partial charge in [0, 0.05) is 19.1 Å². The second kappa shape index (κ2) is 10.2. The van der Waals surface area contributed by atoms with Crippen LogP contribution in [0.3, 0.4) is 0 Å². The molecular weight excluding hydrogens is 440 g/mol. The lowest BCUT2D eigenvalue weighted by molar-refractivity contribution is 0.496. The van der Waals surface area contributed by atoms with Crippen LogP contribution in [0, 0.1) is 34.5 Å². The van der Waals surface area contributed by atoms with Crippen LogP contribution in [0.1, 0.15) is 36.7 Å². The molecule has 0 saturated carbocycles. The lowest BCUT2D eigenvalue weighted by Gasteiger charge is -2.31. The summed E-state index contributed by atoms with van der Waals surface area (Å²) in [5.41, 5.74) is 7.35. The molecule has 4 rings (SSSR count). The SMILES string of the molecule is CC#CCn1c(N2CCCC(N)C2)nc2nc(C#N)n(Cc3ccccc3C#N)c(=O)c21.Cl. The average Bonchev–Trinajstić information content (AvgIpc) is 3.18. The predicted molar refractivity (Wildman–Crippen MR) is 127 cm³/mol. The second-order valence-electron chi connectivity index (χ2n) is 7.65. The number of imidazole rings is 1. The molecule has 33 heavy (non-hydrogen) atoms. The molecule has 0 amide bonds. The molecule has 1 aliphatic rings. The summed E-state index contributed by atoms with van der Waals surface area (Å²) in [6, 6.07) is 11.1. The van der Waals surface area contributed by atoms with E-state index in [0.29, 0.717) is 23.6 Å². The minimum absolute atomic E-state index is 0. The van der Waals surface area contributed by atoms with Crippen LogP contribution in [0.2, 0.25) is 0 Å². The summed E-state index contributed by atoms with van der Waals surface area (Å²) in [6.45, 7) is 3.45. The highest BCUT2D eigenvalue weighted by Gasteiger charge is 2.26. The van der Waals surface area contributed by atoms with E-state index in [1.807, 2.05) is 11.0 Å². The molecule has 0 bridgehead atoms. The van der Waals surface area contributed by atoms with Gasteiger partial charge in [0.1, 0.15) is 6.07 Å². The standard InChI is InChI=1S/C23H22N8O.ClH/c1-2-3-11-30-20-21(28-23(30)29-10-6-9-18(26)15-29)27-19(13-25)31(22(20)32)14-17-8-5-4-7-16(17)12-24;/h4-5,7-8,18H,6,9-11,14-15,26H2,1H3;1H. The Hall–Kier alpha value is -3.84. The first-order valence-electron chi connectivity index (χ1n) is 10.4. The molecule has 1 saturated heterocycles. The molecule has 1 aromatic carbocycles. The third kappa shape index (κ3) is 4.54. The summed E-state index contributed by atoms with van der Waals surface area (Å²) in [7, 11) is 0. The number of nitrogens with two attached hydrogens (primary N) is 1. The molecule has 0 aliphatic carbocycles. The van der Waals surface area contributed by atoms with Crippen molar-refractivity contribution in [3.05, 3.63) is 51.6 Å². The van der Waals surface area contributed by atoms with Crippen LogP contribution in [-0.4, -0.2) is 38.2 Å². The Labute approximate surface area is 197 Å². The van der Waals surface area contributed by atoms with Gasteiger partial charge < -0.3 is 10.6 Å². The third-order valence-corrected chi connectivity index (χ3v) is 5.57. The van der Waals surface area contributed by atoms with E-state index in [1.54, 1.807) is 35.8 Å². The fourth-order valence-corrected chi connectivity index (χ4v) is 4.01. The maximum Gasteiger partial charge on any atom is 0.281 e. The van der Waals surface area contributed by atoms with Gasteiger partial charge in [-0.2, -0.15) is 20.5 Å². The van der Waals surface area contributed by atoms with Gasteiger partial charge in [0.15, 0.2) is 11.2 Å². The summed E-state index contributed by atoms with van der Waals surface area (Å²) in [6.07, 6.45) is 1.86. The quantitative estimate of drug-likeness (QED) is 0.584. The number of piperidine rings is 1. The summed E-state index contributed by atoms with van der Waals surface area (Å²) < 4.78 is 3.05. The van der Waals surface area contributed by atoms with Gasteiger partial charge in [0.2, 0.25) is 11.8 Å². The number of halogens is 1. The summed E-state index contributed by atoms with van der Waals surface area (Å²) >= 11 is 0. The first-order valence-corrected chi connectivity index (χ1v) is 10.4. The minimum atomic E-state index is -0.391. The number of nitriles is 2. The summed E-state index contributed by atoms with van der Waals surface area (Å²) in [5, 5.41) is 19.1. The highest BCUT2D eigenvalue weighted by atomic mass is 35.5.